The lowest BCUT2D eigenvalue weighted by molar-refractivity contribution is 0.111. The highest BCUT2D eigenvalue weighted by atomic mass is 16.5. The molecule has 0 N–H and O–H groups in total. The van der Waals surface area contributed by atoms with Gasteiger partial charge < -0.3 is 9.47 Å². The van der Waals surface area contributed by atoms with Crippen molar-refractivity contribution in [3.05, 3.63) is 54.1 Å². The maximum atomic E-state index is 11.2. The molecule has 0 saturated heterocycles. The molecule has 0 bridgehead atoms. The van der Waals surface area contributed by atoms with E-state index in [0.29, 0.717) is 23.5 Å². The van der Waals surface area contributed by atoms with E-state index in [0.717, 1.165) is 16.8 Å². The predicted molar refractivity (Wildman–Crippen MR) is 86.9 cm³/mol. The van der Waals surface area contributed by atoms with E-state index in [-0.39, 0.29) is 6.61 Å². The lowest BCUT2D eigenvalue weighted by atomic mass is 10.1. The molecule has 3 aromatic heterocycles. The number of rotatable bonds is 6. The van der Waals surface area contributed by atoms with Gasteiger partial charge in [0.2, 0.25) is 5.88 Å². The second kappa shape index (κ2) is 6.91. The van der Waals surface area contributed by atoms with Crippen LogP contribution in [0.5, 0.6) is 11.6 Å². The van der Waals surface area contributed by atoms with E-state index in [4.69, 9.17) is 9.47 Å². The SMILES string of the molecule is COc1cc(C=O)c(OCc2cncc(-c3ccn(C)n3)c2)cn1. The summed E-state index contributed by atoms with van der Waals surface area (Å²) in [4.78, 5) is 19.4. The standard InChI is InChI=1S/C17H16N4O3/c1-21-4-3-15(20-21)13-5-12(7-18-8-13)11-24-16-9-19-17(23-2)6-14(16)10-22/h3-10H,11H2,1-2H3. The Morgan fingerprint density at radius 3 is 2.83 bits per heavy atom. The van der Waals surface area contributed by atoms with E-state index in [1.54, 1.807) is 17.1 Å². The van der Waals surface area contributed by atoms with Crippen LogP contribution in [0.25, 0.3) is 11.3 Å². The average Bonchev–Trinajstić information content (AvgIpc) is 3.06. The Morgan fingerprint density at radius 1 is 1.25 bits per heavy atom. The summed E-state index contributed by atoms with van der Waals surface area (Å²) in [6, 6.07) is 5.40. The molecule has 0 aromatic carbocycles. The minimum atomic E-state index is 0.266. The van der Waals surface area contributed by atoms with Crippen molar-refractivity contribution >= 4 is 6.29 Å². The van der Waals surface area contributed by atoms with Gasteiger partial charge in [-0.25, -0.2) is 4.98 Å². The minimum absolute atomic E-state index is 0.266. The largest absolute Gasteiger partial charge is 0.486 e. The van der Waals surface area contributed by atoms with Crippen molar-refractivity contribution in [2.45, 2.75) is 6.61 Å². The zero-order chi connectivity index (χ0) is 16.9. The van der Waals surface area contributed by atoms with E-state index in [2.05, 4.69) is 15.1 Å². The van der Waals surface area contributed by atoms with E-state index < -0.39 is 0 Å². The monoisotopic (exact) mass is 324 g/mol. The second-order valence-electron chi connectivity index (χ2n) is 5.13. The molecule has 3 aromatic rings. The van der Waals surface area contributed by atoms with E-state index in [1.807, 2.05) is 25.4 Å². The van der Waals surface area contributed by atoms with Crippen molar-refractivity contribution in [3.8, 4) is 22.9 Å². The number of carbonyl (C=O) groups is 1. The summed E-state index contributed by atoms with van der Waals surface area (Å²) in [5.41, 5.74) is 2.99. The normalized spacial score (nSPS) is 10.4. The van der Waals surface area contributed by atoms with Gasteiger partial charge in [-0.2, -0.15) is 5.10 Å². The highest BCUT2D eigenvalue weighted by Crippen LogP contribution is 2.22. The molecule has 24 heavy (non-hydrogen) atoms. The molecule has 0 unspecified atom stereocenters. The lowest BCUT2D eigenvalue weighted by Crippen LogP contribution is -2.01. The Labute approximate surface area is 138 Å². The molecule has 7 nitrogen and oxygen atoms in total. The van der Waals surface area contributed by atoms with Crippen molar-refractivity contribution in [2.75, 3.05) is 7.11 Å². The maximum absolute atomic E-state index is 11.2. The van der Waals surface area contributed by atoms with Gasteiger partial charge in [0.15, 0.2) is 6.29 Å². The summed E-state index contributed by atoms with van der Waals surface area (Å²) in [7, 11) is 3.35. The van der Waals surface area contributed by atoms with E-state index in [1.165, 1.54) is 19.4 Å². The van der Waals surface area contributed by atoms with Crippen LogP contribution in [-0.4, -0.2) is 33.1 Å². The molecule has 0 saturated carbocycles. The zero-order valence-corrected chi connectivity index (χ0v) is 13.3. The molecule has 0 atom stereocenters. The van der Waals surface area contributed by atoms with Gasteiger partial charge in [0.25, 0.3) is 0 Å². The number of ether oxygens (including phenoxy) is 2. The molecule has 3 rings (SSSR count). The molecule has 7 heteroatoms. The number of pyridine rings is 2. The summed E-state index contributed by atoms with van der Waals surface area (Å²) in [6.45, 7) is 0.266. The predicted octanol–water partition coefficient (Wildman–Crippen LogP) is 2.28. The number of carbonyl (C=O) groups excluding carboxylic acids is 1. The van der Waals surface area contributed by atoms with Crippen molar-refractivity contribution in [1.29, 1.82) is 0 Å². The van der Waals surface area contributed by atoms with Gasteiger partial charge in [0, 0.05) is 42.8 Å². The first-order valence-electron chi connectivity index (χ1n) is 7.25. The van der Waals surface area contributed by atoms with Gasteiger partial charge in [-0.15, -0.1) is 0 Å². The summed E-state index contributed by atoms with van der Waals surface area (Å²) in [5.74, 6) is 0.761. The van der Waals surface area contributed by atoms with Gasteiger partial charge in [-0.3, -0.25) is 14.5 Å². The molecule has 3 heterocycles. The molecule has 122 valence electrons. The summed E-state index contributed by atoms with van der Waals surface area (Å²) >= 11 is 0. The van der Waals surface area contributed by atoms with Crippen molar-refractivity contribution in [1.82, 2.24) is 19.7 Å². The smallest absolute Gasteiger partial charge is 0.213 e. The van der Waals surface area contributed by atoms with Gasteiger partial charge in [-0.05, 0) is 12.1 Å². The molecule has 0 spiro atoms. The van der Waals surface area contributed by atoms with Crippen molar-refractivity contribution in [2.24, 2.45) is 7.05 Å². The summed E-state index contributed by atoms with van der Waals surface area (Å²) in [5, 5.41) is 4.35. The first-order chi connectivity index (χ1) is 11.7. The average molecular weight is 324 g/mol. The minimum Gasteiger partial charge on any atom is -0.486 e. The highest BCUT2D eigenvalue weighted by molar-refractivity contribution is 5.79. The fraction of sp³-hybridized carbons (Fsp3) is 0.176. The van der Waals surface area contributed by atoms with Crippen LogP contribution in [0.4, 0.5) is 0 Å². The van der Waals surface area contributed by atoms with Crippen LogP contribution < -0.4 is 9.47 Å². The topological polar surface area (TPSA) is 79.1 Å². The van der Waals surface area contributed by atoms with Gasteiger partial charge >= 0.3 is 0 Å². The number of methoxy groups -OCH3 is 1. The summed E-state index contributed by atoms with van der Waals surface area (Å²) in [6.07, 6.45) is 7.51. The van der Waals surface area contributed by atoms with Crippen molar-refractivity contribution < 1.29 is 14.3 Å². The van der Waals surface area contributed by atoms with Crippen LogP contribution in [0.2, 0.25) is 0 Å². The third-order valence-electron chi connectivity index (χ3n) is 3.41. The fourth-order valence-corrected chi connectivity index (χ4v) is 2.20. The van der Waals surface area contributed by atoms with Gasteiger partial charge in [0.1, 0.15) is 12.4 Å². The van der Waals surface area contributed by atoms with Crippen molar-refractivity contribution in [3.63, 3.8) is 0 Å². The summed E-state index contributed by atoms with van der Waals surface area (Å²) < 4.78 is 12.4. The lowest BCUT2D eigenvalue weighted by Gasteiger charge is -2.09. The third-order valence-corrected chi connectivity index (χ3v) is 3.41. The Morgan fingerprint density at radius 2 is 2.12 bits per heavy atom. The first kappa shape index (κ1) is 15.7. The Hall–Kier alpha value is -3.22. The zero-order valence-electron chi connectivity index (χ0n) is 13.3. The third kappa shape index (κ3) is 3.40. The van der Waals surface area contributed by atoms with Crippen LogP contribution in [0.3, 0.4) is 0 Å². The number of hydrogen-bond donors (Lipinski definition) is 0. The highest BCUT2D eigenvalue weighted by Gasteiger charge is 2.08. The van der Waals surface area contributed by atoms with Gasteiger partial charge in [-0.1, -0.05) is 0 Å². The Balaban J connectivity index is 1.76. The van der Waals surface area contributed by atoms with Crippen LogP contribution >= 0.6 is 0 Å². The molecule has 0 fully saturated rings. The van der Waals surface area contributed by atoms with Gasteiger partial charge in [0.05, 0.1) is 24.6 Å². The number of aryl methyl sites for hydroxylation is 1. The Bertz CT molecular complexity index is 861. The van der Waals surface area contributed by atoms with Crippen LogP contribution in [-0.2, 0) is 13.7 Å². The molecule has 0 radical (unpaired) electrons. The van der Waals surface area contributed by atoms with Crippen LogP contribution in [0, 0.1) is 0 Å². The van der Waals surface area contributed by atoms with E-state index in [9.17, 15) is 4.79 Å². The first-order valence-corrected chi connectivity index (χ1v) is 7.25. The Kier molecular flexibility index (Phi) is 4.51. The molecule has 0 aliphatic heterocycles. The van der Waals surface area contributed by atoms with E-state index >= 15 is 0 Å². The number of aromatic nitrogens is 4. The quantitative estimate of drug-likeness (QED) is 0.647. The number of nitrogens with zero attached hydrogens (tertiary/aromatic N) is 4. The fourth-order valence-electron chi connectivity index (χ4n) is 2.20. The number of hydrogen-bond acceptors (Lipinski definition) is 6. The molecular formula is C17H16N4O3. The second-order valence-corrected chi connectivity index (χ2v) is 5.13. The number of aldehydes is 1. The maximum Gasteiger partial charge on any atom is 0.213 e. The van der Waals surface area contributed by atoms with Crippen LogP contribution in [0.1, 0.15) is 15.9 Å². The van der Waals surface area contributed by atoms with Crippen LogP contribution in [0.15, 0.2) is 43.0 Å². The molecule has 0 aliphatic carbocycles. The molecule has 0 aliphatic rings. The molecule has 0 amide bonds. The molecular weight excluding hydrogens is 308 g/mol.